The third-order valence-electron chi connectivity index (χ3n) is 7.81. The van der Waals surface area contributed by atoms with Crippen molar-refractivity contribution in [3.63, 3.8) is 0 Å². The second kappa shape index (κ2) is 5.76. The van der Waals surface area contributed by atoms with Crippen LogP contribution in [0.2, 0.25) is 0 Å². The van der Waals surface area contributed by atoms with Crippen molar-refractivity contribution in [1.29, 1.82) is 0 Å². The lowest BCUT2D eigenvalue weighted by Gasteiger charge is -2.51. The van der Waals surface area contributed by atoms with Crippen LogP contribution in [0.25, 0.3) is 0 Å². The van der Waals surface area contributed by atoms with Gasteiger partial charge in [-0.3, -0.25) is 4.90 Å². The van der Waals surface area contributed by atoms with Crippen molar-refractivity contribution < 1.29 is 0 Å². The molecule has 24 heavy (non-hydrogen) atoms. The van der Waals surface area contributed by atoms with Crippen LogP contribution in [-0.2, 0) is 5.41 Å². The number of aryl methyl sites for hydroxylation is 1. The van der Waals surface area contributed by atoms with E-state index in [1.165, 1.54) is 75.7 Å². The zero-order chi connectivity index (χ0) is 16.1. The lowest BCUT2D eigenvalue weighted by atomic mass is 9.66. The number of likely N-dealkylation sites (tertiary alicyclic amines) is 1. The maximum atomic E-state index is 3.70. The molecule has 2 bridgehead atoms. The van der Waals surface area contributed by atoms with Crippen LogP contribution < -0.4 is 5.32 Å². The van der Waals surface area contributed by atoms with Crippen molar-refractivity contribution >= 4 is 5.69 Å². The topological polar surface area (TPSA) is 15.3 Å². The minimum Gasteiger partial charge on any atom is -0.384 e. The molecule has 5 rings (SSSR count). The van der Waals surface area contributed by atoms with Crippen LogP contribution in [0.5, 0.6) is 0 Å². The monoisotopic (exact) mass is 324 g/mol. The summed E-state index contributed by atoms with van der Waals surface area (Å²) in [6.07, 6.45) is 11.7. The maximum Gasteiger partial charge on any atom is 0.0379 e. The fourth-order valence-electron chi connectivity index (χ4n) is 6.54. The highest BCUT2D eigenvalue weighted by Crippen LogP contribution is 2.48. The normalized spacial score (nSPS) is 34.8. The van der Waals surface area contributed by atoms with Crippen LogP contribution in [0.4, 0.5) is 5.69 Å². The molecule has 1 aromatic carbocycles. The van der Waals surface area contributed by atoms with E-state index in [4.69, 9.17) is 0 Å². The van der Waals surface area contributed by atoms with Gasteiger partial charge in [-0.1, -0.05) is 30.5 Å². The summed E-state index contributed by atoms with van der Waals surface area (Å²) >= 11 is 0. The van der Waals surface area contributed by atoms with Crippen LogP contribution in [0.1, 0.15) is 62.5 Å². The lowest BCUT2D eigenvalue weighted by Crippen LogP contribution is -2.54. The molecule has 2 heterocycles. The molecular weight excluding hydrogens is 292 g/mol. The van der Waals surface area contributed by atoms with Gasteiger partial charge in [-0.25, -0.2) is 0 Å². The molecule has 1 aromatic rings. The molecule has 2 nitrogen and oxygen atoms in total. The number of hydrogen-bond acceptors (Lipinski definition) is 2. The Kier molecular flexibility index (Phi) is 3.66. The van der Waals surface area contributed by atoms with Crippen molar-refractivity contribution in [3.8, 4) is 0 Å². The third-order valence-corrected chi connectivity index (χ3v) is 7.81. The Morgan fingerprint density at radius 2 is 1.67 bits per heavy atom. The second-order valence-corrected chi connectivity index (χ2v) is 9.09. The number of piperidine rings is 1. The molecule has 0 aromatic heterocycles. The summed E-state index contributed by atoms with van der Waals surface area (Å²) in [5.41, 5.74) is 4.86. The highest BCUT2D eigenvalue weighted by atomic mass is 15.2. The molecule has 0 radical (unpaired) electrons. The van der Waals surface area contributed by atoms with Gasteiger partial charge in [0.2, 0.25) is 0 Å². The van der Waals surface area contributed by atoms with Crippen LogP contribution >= 0.6 is 0 Å². The number of benzene rings is 1. The molecule has 1 N–H and O–H groups in total. The predicted octanol–water partition coefficient (Wildman–Crippen LogP) is 4.72. The molecule has 0 unspecified atom stereocenters. The van der Waals surface area contributed by atoms with Crippen LogP contribution in [0.3, 0.4) is 0 Å². The van der Waals surface area contributed by atoms with Gasteiger partial charge in [-0.15, -0.1) is 0 Å². The maximum absolute atomic E-state index is 3.70. The number of hydrogen-bond donors (Lipinski definition) is 1. The highest BCUT2D eigenvalue weighted by molar-refractivity contribution is 5.61. The first-order valence-electron chi connectivity index (χ1n) is 10.3. The van der Waals surface area contributed by atoms with E-state index in [1.54, 1.807) is 5.56 Å². The Labute approximate surface area is 147 Å². The summed E-state index contributed by atoms with van der Waals surface area (Å²) in [5, 5.41) is 3.70. The average molecular weight is 325 g/mol. The van der Waals surface area contributed by atoms with Crippen LogP contribution in [0.15, 0.2) is 18.2 Å². The van der Waals surface area contributed by atoms with Gasteiger partial charge in [0.25, 0.3) is 0 Å². The summed E-state index contributed by atoms with van der Waals surface area (Å²) in [7, 11) is 0. The predicted molar refractivity (Wildman–Crippen MR) is 101 cm³/mol. The van der Waals surface area contributed by atoms with Gasteiger partial charge in [-0.05, 0) is 82.0 Å². The van der Waals surface area contributed by atoms with E-state index >= 15 is 0 Å². The number of nitrogens with zero attached hydrogens (tertiary/aromatic N) is 1. The molecule has 0 atom stereocenters. The molecular formula is C22H32N2. The van der Waals surface area contributed by atoms with Crippen molar-refractivity contribution in [2.45, 2.75) is 69.7 Å². The fraction of sp³-hybridized carbons (Fsp3) is 0.727. The molecule has 2 aliphatic carbocycles. The second-order valence-electron chi connectivity index (χ2n) is 9.09. The van der Waals surface area contributed by atoms with Gasteiger partial charge < -0.3 is 5.32 Å². The summed E-state index contributed by atoms with van der Waals surface area (Å²) < 4.78 is 0. The molecule has 2 saturated carbocycles. The average Bonchev–Trinajstić information content (AvgIpc) is 2.93. The fourth-order valence-corrected chi connectivity index (χ4v) is 6.54. The van der Waals surface area contributed by atoms with Gasteiger partial charge in [0, 0.05) is 23.7 Å². The van der Waals surface area contributed by atoms with Crippen LogP contribution in [-0.4, -0.2) is 30.6 Å². The van der Waals surface area contributed by atoms with Gasteiger partial charge in [0.1, 0.15) is 0 Å². The van der Waals surface area contributed by atoms with E-state index in [2.05, 4.69) is 35.3 Å². The summed E-state index contributed by atoms with van der Waals surface area (Å²) in [4.78, 5) is 2.92. The molecule has 2 aliphatic heterocycles. The minimum absolute atomic E-state index is 0.418. The Morgan fingerprint density at radius 1 is 1.00 bits per heavy atom. The van der Waals surface area contributed by atoms with Gasteiger partial charge >= 0.3 is 0 Å². The largest absolute Gasteiger partial charge is 0.384 e. The van der Waals surface area contributed by atoms with Gasteiger partial charge in [0.05, 0.1) is 0 Å². The summed E-state index contributed by atoms with van der Waals surface area (Å²) in [5.74, 6) is 2.03. The Balaban J connectivity index is 1.34. The highest BCUT2D eigenvalue weighted by Gasteiger charge is 2.46. The zero-order valence-electron chi connectivity index (χ0n) is 15.2. The van der Waals surface area contributed by atoms with E-state index in [-0.39, 0.29) is 0 Å². The van der Waals surface area contributed by atoms with E-state index in [1.807, 2.05) is 0 Å². The first-order valence-corrected chi connectivity index (χ1v) is 10.3. The van der Waals surface area contributed by atoms with E-state index in [0.717, 1.165) is 24.4 Å². The molecule has 1 spiro atoms. The van der Waals surface area contributed by atoms with E-state index in [9.17, 15) is 0 Å². The Morgan fingerprint density at radius 3 is 2.33 bits per heavy atom. The molecule has 4 aliphatic rings. The smallest absolute Gasteiger partial charge is 0.0379 e. The van der Waals surface area contributed by atoms with Crippen molar-refractivity contribution in [2.24, 2.45) is 11.8 Å². The van der Waals surface area contributed by atoms with E-state index < -0.39 is 0 Å². The summed E-state index contributed by atoms with van der Waals surface area (Å²) in [6.45, 7) is 6.06. The molecule has 130 valence electrons. The quantitative estimate of drug-likeness (QED) is 0.804. The molecule has 2 heteroatoms. The minimum atomic E-state index is 0.418. The zero-order valence-corrected chi connectivity index (χ0v) is 15.2. The molecule has 1 saturated heterocycles. The first kappa shape index (κ1) is 15.3. The van der Waals surface area contributed by atoms with Crippen molar-refractivity contribution in [2.75, 3.05) is 25.0 Å². The Bertz CT molecular complexity index is 592. The van der Waals surface area contributed by atoms with Crippen molar-refractivity contribution in [1.82, 2.24) is 4.90 Å². The standard InChI is InChI=1S/C22H32N2/c1-16-8-9-20-19(14-16)22(15-23-20)10-12-24(13-11-22)21-17-4-2-5-18(21)7-3-6-17/h8-9,14,17-18,21,23H,2-7,10-13,15H2,1H3. The number of nitrogens with one attached hydrogen (secondary N) is 1. The van der Waals surface area contributed by atoms with Crippen molar-refractivity contribution in [3.05, 3.63) is 29.3 Å². The first-order chi connectivity index (χ1) is 11.8. The van der Waals surface area contributed by atoms with Gasteiger partial charge in [0.15, 0.2) is 0 Å². The number of fused-ring (bicyclic) bond motifs is 4. The Hall–Kier alpha value is -1.02. The lowest BCUT2D eigenvalue weighted by molar-refractivity contribution is -0.00106. The van der Waals surface area contributed by atoms with Gasteiger partial charge in [-0.2, -0.15) is 0 Å². The summed E-state index contributed by atoms with van der Waals surface area (Å²) in [6, 6.07) is 7.94. The number of rotatable bonds is 1. The van der Waals surface area contributed by atoms with Crippen LogP contribution in [0, 0.1) is 18.8 Å². The van der Waals surface area contributed by atoms with E-state index in [0.29, 0.717) is 5.41 Å². The SMILES string of the molecule is Cc1ccc2c(c1)C1(CCN(C3C4CCCC3CCC4)CC1)CN2. The molecule has 3 fully saturated rings. The third kappa shape index (κ3) is 2.33. The molecule has 0 amide bonds. The number of anilines is 1.